The number of hydrogen-bond donors (Lipinski definition) is 4. The van der Waals surface area contributed by atoms with E-state index >= 15 is 0 Å². The minimum absolute atomic E-state index is 0.0438. The van der Waals surface area contributed by atoms with Crippen molar-refractivity contribution in [3.05, 3.63) is 24.2 Å². The molecule has 2 atom stereocenters. The van der Waals surface area contributed by atoms with Gasteiger partial charge in [-0.15, -0.1) is 0 Å². The van der Waals surface area contributed by atoms with Crippen LogP contribution in [-0.4, -0.2) is 34.9 Å². The molecule has 0 aliphatic carbocycles. The van der Waals surface area contributed by atoms with Crippen molar-refractivity contribution < 1.29 is 24.2 Å². The van der Waals surface area contributed by atoms with Gasteiger partial charge in [-0.25, -0.2) is 9.59 Å². The van der Waals surface area contributed by atoms with Crippen LogP contribution in [0.3, 0.4) is 0 Å². The molecule has 1 heterocycles. The first-order valence-electron chi connectivity index (χ1n) is 5.48. The van der Waals surface area contributed by atoms with Gasteiger partial charge >= 0.3 is 12.0 Å². The second-order valence-electron chi connectivity index (χ2n) is 3.76. The van der Waals surface area contributed by atoms with E-state index in [0.29, 0.717) is 5.76 Å². The fourth-order valence-corrected chi connectivity index (χ4v) is 1.39. The normalized spacial score (nSPS) is 13.7. The summed E-state index contributed by atoms with van der Waals surface area (Å²) < 4.78 is 5.10. The number of carboxylic acid groups (broad SMARTS) is 1. The van der Waals surface area contributed by atoms with Gasteiger partial charge in [0.2, 0.25) is 0 Å². The lowest BCUT2D eigenvalue weighted by atomic mass is 10.2. The van der Waals surface area contributed by atoms with Crippen LogP contribution in [0.25, 0.3) is 0 Å². The SMILES string of the molecule is CC(NC(=O)N[C@H](CCO)C(=O)O)c1ccco1. The van der Waals surface area contributed by atoms with Gasteiger partial charge in [0.1, 0.15) is 11.8 Å². The number of hydrogen-bond acceptors (Lipinski definition) is 4. The van der Waals surface area contributed by atoms with Crippen molar-refractivity contribution in [2.75, 3.05) is 6.61 Å². The second kappa shape index (κ2) is 6.65. The lowest BCUT2D eigenvalue weighted by Crippen LogP contribution is -2.46. The molecule has 0 aromatic carbocycles. The average molecular weight is 256 g/mol. The van der Waals surface area contributed by atoms with Gasteiger partial charge in [0.15, 0.2) is 0 Å². The lowest BCUT2D eigenvalue weighted by molar-refractivity contribution is -0.139. The Morgan fingerprint density at radius 1 is 1.44 bits per heavy atom. The van der Waals surface area contributed by atoms with Crippen LogP contribution >= 0.6 is 0 Å². The maximum absolute atomic E-state index is 11.5. The third-order valence-corrected chi connectivity index (χ3v) is 2.34. The molecule has 7 heteroatoms. The fraction of sp³-hybridized carbons (Fsp3) is 0.455. The maximum Gasteiger partial charge on any atom is 0.326 e. The minimum Gasteiger partial charge on any atom is -0.480 e. The molecule has 0 saturated heterocycles. The summed E-state index contributed by atoms with van der Waals surface area (Å²) in [5, 5.41) is 22.3. The number of urea groups is 1. The van der Waals surface area contributed by atoms with E-state index in [0.717, 1.165) is 0 Å². The summed E-state index contributed by atoms with van der Waals surface area (Å²) in [7, 11) is 0. The Morgan fingerprint density at radius 3 is 2.67 bits per heavy atom. The van der Waals surface area contributed by atoms with Gasteiger partial charge < -0.3 is 25.3 Å². The Kier molecular flexibility index (Phi) is 5.19. The van der Waals surface area contributed by atoms with E-state index in [-0.39, 0.29) is 19.1 Å². The van der Waals surface area contributed by atoms with Crippen molar-refractivity contribution >= 4 is 12.0 Å². The van der Waals surface area contributed by atoms with Crippen LogP contribution in [0.2, 0.25) is 0 Å². The van der Waals surface area contributed by atoms with Crippen molar-refractivity contribution in [2.24, 2.45) is 0 Å². The highest BCUT2D eigenvalue weighted by Crippen LogP contribution is 2.11. The highest BCUT2D eigenvalue weighted by Gasteiger charge is 2.20. The van der Waals surface area contributed by atoms with E-state index in [2.05, 4.69) is 10.6 Å². The standard InChI is InChI=1S/C11H16N2O5/c1-7(9-3-2-6-18-9)12-11(17)13-8(4-5-14)10(15)16/h2-3,6-8,14H,4-5H2,1H3,(H,15,16)(H2,12,13,17)/t7?,8-/m1/s1. The molecule has 0 radical (unpaired) electrons. The Bertz CT molecular complexity index is 390. The Labute approximate surface area is 104 Å². The quantitative estimate of drug-likeness (QED) is 0.591. The number of rotatable bonds is 6. The smallest absolute Gasteiger partial charge is 0.326 e. The second-order valence-corrected chi connectivity index (χ2v) is 3.76. The monoisotopic (exact) mass is 256 g/mol. The summed E-state index contributed by atoms with van der Waals surface area (Å²) in [6.45, 7) is 1.39. The zero-order valence-corrected chi connectivity index (χ0v) is 9.92. The molecule has 0 spiro atoms. The van der Waals surface area contributed by atoms with Gasteiger partial charge in [0, 0.05) is 13.0 Å². The molecular weight excluding hydrogens is 240 g/mol. The zero-order valence-electron chi connectivity index (χ0n) is 9.92. The van der Waals surface area contributed by atoms with E-state index in [1.165, 1.54) is 6.26 Å². The Balaban J connectivity index is 2.47. The van der Waals surface area contributed by atoms with Crippen LogP contribution in [0.5, 0.6) is 0 Å². The summed E-state index contributed by atoms with van der Waals surface area (Å²) in [6, 6.07) is 1.28. The minimum atomic E-state index is -1.19. The molecular formula is C11H16N2O5. The van der Waals surface area contributed by atoms with Crippen molar-refractivity contribution in [1.82, 2.24) is 10.6 Å². The Hall–Kier alpha value is -2.02. The predicted octanol–water partition coefficient (Wildman–Crippen LogP) is 0.475. The third kappa shape index (κ3) is 4.10. The fourth-order valence-electron chi connectivity index (χ4n) is 1.39. The van der Waals surface area contributed by atoms with Crippen LogP contribution in [0.15, 0.2) is 22.8 Å². The first kappa shape index (κ1) is 14.0. The molecule has 0 aliphatic rings. The molecule has 100 valence electrons. The molecule has 0 aliphatic heterocycles. The first-order valence-corrected chi connectivity index (χ1v) is 5.48. The van der Waals surface area contributed by atoms with Gasteiger partial charge in [-0.1, -0.05) is 0 Å². The molecule has 2 amide bonds. The number of aliphatic hydroxyl groups excluding tert-OH is 1. The van der Waals surface area contributed by atoms with Crippen molar-refractivity contribution in [1.29, 1.82) is 0 Å². The highest BCUT2D eigenvalue weighted by molar-refractivity contribution is 5.82. The number of carbonyl (C=O) groups is 2. The molecule has 1 aromatic heterocycles. The predicted molar refractivity (Wildman–Crippen MR) is 61.9 cm³/mol. The van der Waals surface area contributed by atoms with E-state index in [1.807, 2.05) is 0 Å². The molecule has 7 nitrogen and oxygen atoms in total. The van der Waals surface area contributed by atoms with E-state index in [1.54, 1.807) is 19.1 Å². The molecule has 4 N–H and O–H groups in total. The summed E-state index contributed by atoms with van der Waals surface area (Å²) in [4.78, 5) is 22.3. The van der Waals surface area contributed by atoms with Gasteiger partial charge in [0.25, 0.3) is 0 Å². The number of carboxylic acids is 1. The first-order chi connectivity index (χ1) is 8.54. The largest absolute Gasteiger partial charge is 0.480 e. The van der Waals surface area contributed by atoms with E-state index < -0.39 is 18.0 Å². The zero-order chi connectivity index (χ0) is 13.5. The molecule has 18 heavy (non-hydrogen) atoms. The number of amides is 2. The van der Waals surface area contributed by atoms with Crippen LogP contribution in [0, 0.1) is 0 Å². The molecule has 1 unspecified atom stereocenters. The number of nitrogens with one attached hydrogen (secondary N) is 2. The van der Waals surface area contributed by atoms with Crippen LogP contribution in [0.1, 0.15) is 25.1 Å². The van der Waals surface area contributed by atoms with Crippen molar-refractivity contribution in [2.45, 2.75) is 25.4 Å². The average Bonchev–Trinajstić information content (AvgIpc) is 2.81. The third-order valence-electron chi connectivity index (χ3n) is 2.34. The Morgan fingerprint density at radius 2 is 2.17 bits per heavy atom. The number of aliphatic hydroxyl groups is 1. The summed E-state index contributed by atoms with van der Waals surface area (Å²) >= 11 is 0. The van der Waals surface area contributed by atoms with Crippen LogP contribution < -0.4 is 10.6 Å². The van der Waals surface area contributed by atoms with Gasteiger partial charge in [0.05, 0.1) is 12.3 Å². The summed E-state index contributed by atoms with van der Waals surface area (Å²) in [5.74, 6) is -0.621. The van der Waals surface area contributed by atoms with Gasteiger partial charge in [-0.2, -0.15) is 0 Å². The van der Waals surface area contributed by atoms with Gasteiger partial charge in [-0.05, 0) is 19.1 Å². The van der Waals surface area contributed by atoms with Crippen molar-refractivity contribution in [3.63, 3.8) is 0 Å². The number of furan rings is 1. The van der Waals surface area contributed by atoms with Crippen molar-refractivity contribution in [3.8, 4) is 0 Å². The molecule has 1 aromatic rings. The molecule has 0 bridgehead atoms. The topological polar surface area (TPSA) is 112 Å². The van der Waals surface area contributed by atoms with E-state index in [4.69, 9.17) is 14.6 Å². The summed E-state index contributed by atoms with van der Waals surface area (Å²) in [6.07, 6.45) is 1.44. The van der Waals surface area contributed by atoms with Crippen LogP contribution in [-0.2, 0) is 4.79 Å². The lowest BCUT2D eigenvalue weighted by Gasteiger charge is -2.16. The summed E-state index contributed by atoms with van der Waals surface area (Å²) in [5.41, 5.74) is 0. The van der Waals surface area contributed by atoms with Gasteiger partial charge in [-0.3, -0.25) is 0 Å². The molecule has 1 rings (SSSR count). The molecule has 0 saturated carbocycles. The highest BCUT2D eigenvalue weighted by atomic mass is 16.4. The molecule has 0 fully saturated rings. The van der Waals surface area contributed by atoms with Crippen LogP contribution in [0.4, 0.5) is 4.79 Å². The van der Waals surface area contributed by atoms with E-state index in [9.17, 15) is 9.59 Å². The maximum atomic E-state index is 11.5. The number of carbonyl (C=O) groups excluding carboxylic acids is 1. The number of aliphatic carboxylic acids is 1.